The highest BCUT2D eigenvalue weighted by Crippen LogP contribution is 2.67. The van der Waals surface area contributed by atoms with Crippen molar-refractivity contribution in [3.63, 3.8) is 0 Å². The molecule has 5 fully saturated rings. The summed E-state index contributed by atoms with van der Waals surface area (Å²) in [5.41, 5.74) is -2.22. The van der Waals surface area contributed by atoms with Crippen LogP contribution in [0.15, 0.2) is 0 Å². The van der Waals surface area contributed by atoms with Crippen LogP contribution in [-0.2, 0) is 23.9 Å². The van der Waals surface area contributed by atoms with Crippen molar-refractivity contribution in [3.8, 4) is 0 Å². The number of cyclic esters (lactones) is 1. The Kier molecular flexibility index (Phi) is 4.13. The van der Waals surface area contributed by atoms with Gasteiger partial charge < -0.3 is 19.5 Å². The van der Waals surface area contributed by atoms with E-state index in [9.17, 15) is 19.5 Å². The van der Waals surface area contributed by atoms with Crippen molar-refractivity contribution >= 4 is 17.8 Å². The van der Waals surface area contributed by atoms with Crippen LogP contribution in [0.1, 0.15) is 59.3 Å². The molecule has 2 bridgehead atoms. The van der Waals surface area contributed by atoms with Gasteiger partial charge in [0, 0.05) is 24.8 Å². The first-order chi connectivity index (χ1) is 13.8. The Morgan fingerprint density at radius 3 is 2.55 bits per heavy atom. The van der Waals surface area contributed by atoms with Crippen molar-refractivity contribution in [1.29, 1.82) is 0 Å². The maximum absolute atomic E-state index is 14.0. The van der Waals surface area contributed by atoms with Crippen molar-refractivity contribution in [2.24, 2.45) is 29.1 Å². The fourth-order valence-electron chi connectivity index (χ4n) is 7.53. The van der Waals surface area contributed by atoms with Gasteiger partial charge in [0.05, 0.1) is 28.9 Å². The van der Waals surface area contributed by atoms with E-state index in [1.54, 1.807) is 0 Å². The van der Waals surface area contributed by atoms with Crippen LogP contribution in [0, 0.1) is 29.1 Å². The molecule has 4 heterocycles. The molecular weight excluding hydrogens is 374 g/mol. The molecule has 0 aromatic heterocycles. The molecule has 4 saturated heterocycles. The molecule has 7 nitrogen and oxygen atoms in total. The first kappa shape index (κ1) is 19.3. The predicted molar refractivity (Wildman–Crippen MR) is 101 cm³/mol. The number of hydrogen-bond donors (Lipinski definition) is 1. The molecule has 1 N–H and O–H groups in total. The first-order valence-corrected chi connectivity index (χ1v) is 11.2. The number of piperidine rings is 1. The van der Waals surface area contributed by atoms with Gasteiger partial charge in [-0.3, -0.25) is 14.4 Å². The van der Waals surface area contributed by atoms with E-state index in [1.807, 2.05) is 25.7 Å². The van der Waals surface area contributed by atoms with E-state index in [0.717, 1.165) is 12.8 Å². The number of hydrogen-bond acceptors (Lipinski definition) is 6. The average molecular weight is 405 g/mol. The molecule has 0 radical (unpaired) electrons. The third-order valence-electron chi connectivity index (χ3n) is 8.78. The SMILES string of the molecule is CC[C@H]1[C@@H]2OC(=O)[C@H](C)[C@@H]2[C@@]2(O)C[C@@H]([C@@H]3C[C@H](C)C(=O)O3)N3CCCC[C@@]12C3=O. The van der Waals surface area contributed by atoms with Gasteiger partial charge in [-0.25, -0.2) is 0 Å². The molecule has 1 spiro atoms. The molecule has 0 aromatic rings. The van der Waals surface area contributed by atoms with Crippen molar-refractivity contribution in [1.82, 2.24) is 4.90 Å². The zero-order chi connectivity index (χ0) is 20.7. The van der Waals surface area contributed by atoms with E-state index in [4.69, 9.17) is 9.47 Å². The summed E-state index contributed by atoms with van der Waals surface area (Å²) in [6, 6.07) is -0.341. The van der Waals surface area contributed by atoms with Crippen LogP contribution >= 0.6 is 0 Å². The molecule has 1 amide bonds. The number of nitrogens with zero attached hydrogens (tertiary/aromatic N) is 1. The summed E-state index contributed by atoms with van der Waals surface area (Å²) in [6.45, 7) is 6.31. The molecule has 5 aliphatic rings. The van der Waals surface area contributed by atoms with Gasteiger partial charge in [0.25, 0.3) is 0 Å². The minimum Gasteiger partial charge on any atom is -0.461 e. The summed E-state index contributed by atoms with van der Waals surface area (Å²) in [5.74, 6) is -1.72. The second-order valence-electron chi connectivity index (χ2n) is 9.97. The van der Waals surface area contributed by atoms with E-state index < -0.39 is 29.1 Å². The fourth-order valence-corrected chi connectivity index (χ4v) is 7.53. The van der Waals surface area contributed by atoms with E-state index in [1.165, 1.54) is 0 Å². The van der Waals surface area contributed by atoms with E-state index in [0.29, 0.717) is 32.2 Å². The summed E-state index contributed by atoms with van der Waals surface area (Å²) >= 11 is 0. The van der Waals surface area contributed by atoms with Crippen LogP contribution in [0.3, 0.4) is 0 Å². The van der Waals surface area contributed by atoms with Crippen LogP contribution in [0.4, 0.5) is 0 Å². The Morgan fingerprint density at radius 1 is 1.14 bits per heavy atom. The fraction of sp³-hybridized carbons (Fsp3) is 0.864. The second kappa shape index (κ2) is 6.19. The molecule has 1 aliphatic carbocycles. The lowest BCUT2D eigenvalue weighted by Crippen LogP contribution is -2.69. The molecule has 5 rings (SSSR count). The van der Waals surface area contributed by atoms with Crippen LogP contribution in [0.25, 0.3) is 0 Å². The molecule has 9 atom stereocenters. The van der Waals surface area contributed by atoms with Crippen LogP contribution in [-0.4, -0.2) is 58.2 Å². The Balaban J connectivity index is 1.63. The van der Waals surface area contributed by atoms with Gasteiger partial charge >= 0.3 is 11.9 Å². The molecule has 1 saturated carbocycles. The van der Waals surface area contributed by atoms with Gasteiger partial charge in [-0.2, -0.15) is 0 Å². The number of esters is 2. The number of amides is 1. The number of fused-ring (bicyclic) bond motifs is 3. The van der Waals surface area contributed by atoms with Crippen LogP contribution in [0.5, 0.6) is 0 Å². The molecule has 160 valence electrons. The number of ether oxygens (including phenoxy) is 2. The lowest BCUT2D eigenvalue weighted by molar-refractivity contribution is -0.200. The molecule has 0 unspecified atom stereocenters. The number of carbonyl (C=O) groups excluding carboxylic acids is 3. The lowest BCUT2D eigenvalue weighted by Gasteiger charge is -2.55. The van der Waals surface area contributed by atoms with Crippen molar-refractivity contribution in [2.45, 2.75) is 83.1 Å². The standard InChI is InChI=1S/C22H31NO6/c1-4-13-17-16(12(3)19(25)29-17)22(27)10-14(15-9-11(2)18(24)28-15)23-8-6-5-7-21(13,22)20(23)26/h11-17,27H,4-10H2,1-3H3/t11-,12+,13-,14-,15-,16-,17-,21-,22-/m0/s1. The van der Waals surface area contributed by atoms with Gasteiger partial charge in [-0.05, 0) is 25.7 Å². The molecular formula is C22H31NO6. The van der Waals surface area contributed by atoms with Crippen molar-refractivity contribution < 1.29 is 29.0 Å². The minimum atomic E-state index is -1.31. The summed E-state index contributed by atoms with van der Waals surface area (Å²) in [5, 5.41) is 12.3. The summed E-state index contributed by atoms with van der Waals surface area (Å²) in [6.07, 6.45) is 3.14. The number of aliphatic hydroxyl groups is 1. The van der Waals surface area contributed by atoms with Crippen LogP contribution < -0.4 is 0 Å². The van der Waals surface area contributed by atoms with Gasteiger partial charge in [0.15, 0.2) is 0 Å². The lowest BCUT2D eigenvalue weighted by atomic mass is 9.58. The summed E-state index contributed by atoms with van der Waals surface area (Å²) in [4.78, 5) is 40.4. The minimum absolute atomic E-state index is 0.0196. The molecule has 0 aromatic carbocycles. The molecule has 7 heteroatoms. The molecule has 4 aliphatic heterocycles. The Labute approximate surface area is 171 Å². The van der Waals surface area contributed by atoms with Gasteiger partial charge in [0.2, 0.25) is 5.91 Å². The topological polar surface area (TPSA) is 93.1 Å². The zero-order valence-corrected chi connectivity index (χ0v) is 17.4. The third kappa shape index (κ3) is 2.20. The normalized spacial score (nSPS) is 51.4. The Morgan fingerprint density at radius 2 is 1.90 bits per heavy atom. The summed E-state index contributed by atoms with van der Waals surface area (Å²) < 4.78 is 11.4. The number of rotatable bonds is 2. The first-order valence-electron chi connectivity index (χ1n) is 11.2. The number of carbonyl (C=O) groups is 3. The highest BCUT2D eigenvalue weighted by molar-refractivity contribution is 5.89. The smallest absolute Gasteiger partial charge is 0.309 e. The van der Waals surface area contributed by atoms with Gasteiger partial charge in [-0.1, -0.05) is 27.2 Å². The van der Waals surface area contributed by atoms with Crippen molar-refractivity contribution in [3.05, 3.63) is 0 Å². The van der Waals surface area contributed by atoms with Gasteiger partial charge in [-0.15, -0.1) is 0 Å². The average Bonchev–Trinajstić information content (AvgIpc) is 3.19. The monoisotopic (exact) mass is 405 g/mol. The van der Waals surface area contributed by atoms with Gasteiger partial charge in [0.1, 0.15) is 12.2 Å². The second-order valence-corrected chi connectivity index (χ2v) is 9.97. The Hall–Kier alpha value is -1.63. The summed E-state index contributed by atoms with van der Waals surface area (Å²) in [7, 11) is 0. The highest BCUT2D eigenvalue weighted by atomic mass is 16.6. The van der Waals surface area contributed by atoms with Crippen molar-refractivity contribution in [2.75, 3.05) is 6.54 Å². The Bertz CT molecular complexity index is 768. The highest BCUT2D eigenvalue weighted by Gasteiger charge is 2.78. The predicted octanol–water partition coefficient (Wildman–Crippen LogP) is 1.66. The maximum Gasteiger partial charge on any atom is 0.309 e. The quantitative estimate of drug-likeness (QED) is 0.703. The van der Waals surface area contributed by atoms with E-state index >= 15 is 0 Å². The van der Waals surface area contributed by atoms with E-state index in [2.05, 4.69) is 0 Å². The van der Waals surface area contributed by atoms with Crippen LogP contribution in [0.2, 0.25) is 0 Å². The zero-order valence-electron chi connectivity index (χ0n) is 17.4. The largest absolute Gasteiger partial charge is 0.461 e. The maximum atomic E-state index is 14.0. The third-order valence-corrected chi connectivity index (χ3v) is 8.78. The van der Waals surface area contributed by atoms with E-state index in [-0.39, 0.29) is 41.6 Å². The molecule has 29 heavy (non-hydrogen) atoms.